The van der Waals surface area contributed by atoms with E-state index in [9.17, 15) is 9.59 Å². The Kier molecular flexibility index (Phi) is 5.00. The van der Waals surface area contributed by atoms with Gasteiger partial charge in [-0.05, 0) is 19.1 Å². The molecular formula is C21H22N4O2S. The lowest BCUT2D eigenvalue weighted by molar-refractivity contribution is 0.0764. The second-order valence-electron chi connectivity index (χ2n) is 6.78. The summed E-state index contributed by atoms with van der Waals surface area (Å²) >= 11 is 1.52. The highest BCUT2D eigenvalue weighted by Crippen LogP contribution is 2.26. The Balaban J connectivity index is 1.68. The molecule has 3 aromatic rings. The number of hydrogen-bond acceptors (Lipinski definition) is 4. The number of carbonyl (C=O) groups excluding carboxylic acids is 2. The van der Waals surface area contributed by atoms with E-state index in [1.54, 1.807) is 7.05 Å². The third kappa shape index (κ3) is 3.33. The lowest BCUT2D eigenvalue weighted by Gasteiger charge is -2.19. The number of nitrogens with one attached hydrogen (secondary N) is 1. The maximum absolute atomic E-state index is 12.9. The second kappa shape index (κ2) is 7.59. The zero-order valence-corrected chi connectivity index (χ0v) is 16.8. The molecule has 0 atom stereocenters. The molecule has 0 unspecified atom stereocenters. The van der Waals surface area contributed by atoms with Crippen molar-refractivity contribution in [3.8, 4) is 11.4 Å². The summed E-state index contributed by atoms with van der Waals surface area (Å²) in [5.41, 5.74) is 2.30. The summed E-state index contributed by atoms with van der Waals surface area (Å²) in [4.78, 5) is 33.7. The molecule has 2 aromatic heterocycles. The number of rotatable bonds is 3. The minimum Gasteiger partial charge on any atom is -0.354 e. The fourth-order valence-electron chi connectivity index (χ4n) is 3.57. The van der Waals surface area contributed by atoms with Crippen LogP contribution in [0.3, 0.4) is 0 Å². The third-order valence-corrected chi connectivity index (χ3v) is 5.99. The lowest BCUT2D eigenvalue weighted by Crippen LogP contribution is -2.33. The van der Waals surface area contributed by atoms with Crippen LogP contribution in [-0.4, -0.2) is 46.4 Å². The lowest BCUT2D eigenvalue weighted by atomic mass is 10.2. The van der Waals surface area contributed by atoms with Gasteiger partial charge in [-0.1, -0.05) is 30.3 Å². The first-order valence-corrected chi connectivity index (χ1v) is 10.1. The van der Waals surface area contributed by atoms with Crippen LogP contribution >= 0.6 is 11.3 Å². The van der Waals surface area contributed by atoms with E-state index in [0.29, 0.717) is 31.7 Å². The maximum atomic E-state index is 12.9. The molecule has 1 aliphatic heterocycles. The van der Waals surface area contributed by atoms with Gasteiger partial charge in [-0.25, -0.2) is 4.98 Å². The number of thiophene rings is 1. The number of amides is 2. The van der Waals surface area contributed by atoms with Crippen molar-refractivity contribution in [1.29, 1.82) is 0 Å². The predicted octanol–water partition coefficient (Wildman–Crippen LogP) is 2.98. The van der Waals surface area contributed by atoms with Crippen molar-refractivity contribution in [2.45, 2.75) is 19.9 Å². The molecule has 6 nitrogen and oxygen atoms in total. The predicted molar refractivity (Wildman–Crippen MR) is 110 cm³/mol. The molecule has 0 saturated heterocycles. The van der Waals surface area contributed by atoms with Crippen LogP contribution in [-0.2, 0) is 13.0 Å². The van der Waals surface area contributed by atoms with Crippen molar-refractivity contribution < 1.29 is 9.59 Å². The molecule has 0 bridgehead atoms. The highest BCUT2D eigenvalue weighted by molar-refractivity contribution is 7.13. The van der Waals surface area contributed by atoms with Gasteiger partial charge < -0.3 is 14.8 Å². The van der Waals surface area contributed by atoms with Crippen LogP contribution in [0.5, 0.6) is 0 Å². The summed E-state index contributed by atoms with van der Waals surface area (Å²) in [5.74, 6) is 0.634. The van der Waals surface area contributed by atoms with Gasteiger partial charge in [0.15, 0.2) is 0 Å². The Morgan fingerprint density at radius 3 is 2.54 bits per heavy atom. The van der Waals surface area contributed by atoms with E-state index >= 15 is 0 Å². The summed E-state index contributed by atoms with van der Waals surface area (Å²) in [7, 11) is 1.61. The summed E-state index contributed by atoms with van der Waals surface area (Å²) < 4.78 is 2.09. The van der Waals surface area contributed by atoms with Gasteiger partial charge in [0.05, 0.1) is 10.6 Å². The van der Waals surface area contributed by atoms with Crippen molar-refractivity contribution in [3.63, 3.8) is 0 Å². The first-order chi connectivity index (χ1) is 13.6. The van der Waals surface area contributed by atoms with Crippen LogP contribution in [0.2, 0.25) is 0 Å². The fourth-order valence-corrected chi connectivity index (χ4v) is 4.41. The van der Waals surface area contributed by atoms with E-state index in [4.69, 9.17) is 0 Å². The molecule has 0 aliphatic carbocycles. The van der Waals surface area contributed by atoms with Gasteiger partial charge in [-0.15, -0.1) is 11.3 Å². The van der Waals surface area contributed by atoms with Crippen molar-refractivity contribution in [2.75, 3.05) is 20.1 Å². The van der Waals surface area contributed by atoms with E-state index in [1.165, 1.54) is 11.3 Å². The van der Waals surface area contributed by atoms with Gasteiger partial charge in [-0.2, -0.15) is 0 Å². The van der Waals surface area contributed by atoms with E-state index in [0.717, 1.165) is 26.8 Å². The Morgan fingerprint density at radius 1 is 1.07 bits per heavy atom. The van der Waals surface area contributed by atoms with Crippen LogP contribution in [0.25, 0.3) is 11.4 Å². The van der Waals surface area contributed by atoms with Crippen LogP contribution < -0.4 is 5.32 Å². The quantitative estimate of drug-likeness (QED) is 0.743. The minimum absolute atomic E-state index is 0.0552. The molecule has 28 heavy (non-hydrogen) atoms. The molecule has 144 valence electrons. The molecule has 3 heterocycles. The van der Waals surface area contributed by atoms with E-state index in [-0.39, 0.29) is 11.8 Å². The van der Waals surface area contributed by atoms with Gasteiger partial charge in [0.1, 0.15) is 11.5 Å². The minimum atomic E-state index is -0.195. The Hall–Kier alpha value is -2.93. The van der Waals surface area contributed by atoms with Crippen molar-refractivity contribution in [3.05, 3.63) is 63.6 Å². The van der Waals surface area contributed by atoms with Crippen LogP contribution in [0, 0.1) is 6.92 Å². The summed E-state index contributed by atoms with van der Waals surface area (Å²) in [6.07, 6.45) is 0.596. The van der Waals surface area contributed by atoms with E-state index in [1.807, 2.05) is 54.3 Å². The zero-order valence-electron chi connectivity index (χ0n) is 15.9. The first kappa shape index (κ1) is 18.4. The largest absolute Gasteiger partial charge is 0.354 e. The molecule has 2 amide bonds. The van der Waals surface area contributed by atoms with E-state index < -0.39 is 0 Å². The Morgan fingerprint density at radius 2 is 1.86 bits per heavy atom. The number of carbonyl (C=O) groups is 2. The van der Waals surface area contributed by atoms with Crippen LogP contribution in [0.1, 0.15) is 30.7 Å². The zero-order chi connectivity index (χ0) is 19.7. The molecule has 1 aliphatic rings. The summed E-state index contributed by atoms with van der Waals surface area (Å²) in [5, 5.41) is 2.69. The number of benzene rings is 1. The average Bonchev–Trinajstić information content (AvgIpc) is 3.25. The van der Waals surface area contributed by atoms with Gasteiger partial charge in [-0.3, -0.25) is 9.59 Å². The smallest absolute Gasteiger partial charge is 0.271 e. The fraction of sp³-hybridized carbons (Fsp3) is 0.286. The molecular weight excluding hydrogens is 372 g/mol. The highest BCUT2D eigenvalue weighted by Gasteiger charge is 2.27. The first-order valence-electron chi connectivity index (χ1n) is 9.31. The van der Waals surface area contributed by atoms with Gasteiger partial charge in [0, 0.05) is 43.5 Å². The van der Waals surface area contributed by atoms with E-state index in [2.05, 4.69) is 14.9 Å². The molecule has 0 saturated carbocycles. The Labute approximate surface area is 167 Å². The van der Waals surface area contributed by atoms with Crippen LogP contribution in [0.4, 0.5) is 0 Å². The standard InChI is InChI=1S/C21H22N4O2S/c1-14-8-9-17(28-14)21(27)24-11-10-16-18(20(26)22-2)23-19(25(16)13-12-24)15-6-4-3-5-7-15/h3-9H,10-13H2,1-2H3,(H,22,26). The summed E-state index contributed by atoms with van der Waals surface area (Å²) in [6.45, 7) is 3.77. The van der Waals surface area contributed by atoms with Gasteiger partial charge >= 0.3 is 0 Å². The molecule has 4 rings (SSSR count). The maximum Gasteiger partial charge on any atom is 0.271 e. The molecule has 7 heteroatoms. The summed E-state index contributed by atoms with van der Waals surface area (Å²) in [6, 6.07) is 13.7. The molecule has 0 radical (unpaired) electrons. The third-order valence-electron chi connectivity index (χ3n) is 5.00. The second-order valence-corrected chi connectivity index (χ2v) is 8.07. The van der Waals surface area contributed by atoms with Crippen molar-refractivity contribution in [1.82, 2.24) is 19.8 Å². The monoisotopic (exact) mass is 394 g/mol. The van der Waals surface area contributed by atoms with Gasteiger partial charge in [0.25, 0.3) is 11.8 Å². The molecule has 0 spiro atoms. The number of aromatic nitrogens is 2. The average molecular weight is 395 g/mol. The normalized spacial score (nSPS) is 13.7. The van der Waals surface area contributed by atoms with Crippen LogP contribution in [0.15, 0.2) is 42.5 Å². The number of imidazole rings is 1. The molecule has 1 N–H and O–H groups in total. The molecule has 0 fully saturated rings. The topological polar surface area (TPSA) is 67.2 Å². The SMILES string of the molecule is CNC(=O)c1nc(-c2ccccc2)n2c1CCN(C(=O)c1ccc(C)s1)CC2. The molecule has 1 aromatic carbocycles. The highest BCUT2D eigenvalue weighted by atomic mass is 32.1. The van der Waals surface area contributed by atoms with Crippen molar-refractivity contribution >= 4 is 23.2 Å². The van der Waals surface area contributed by atoms with Gasteiger partial charge in [0.2, 0.25) is 0 Å². The van der Waals surface area contributed by atoms with Crippen molar-refractivity contribution in [2.24, 2.45) is 0 Å². The Bertz CT molecular complexity index is 1020. The number of fused-ring (bicyclic) bond motifs is 1. The number of nitrogens with zero attached hydrogens (tertiary/aromatic N) is 3. The number of aryl methyl sites for hydroxylation is 1. The number of hydrogen-bond donors (Lipinski definition) is 1.